The van der Waals surface area contributed by atoms with Crippen LogP contribution in [0.4, 0.5) is 5.69 Å². The summed E-state index contributed by atoms with van der Waals surface area (Å²) >= 11 is 8.35. The Bertz CT molecular complexity index is 1170. The Hall–Kier alpha value is -2.29. The Morgan fingerprint density at radius 2 is 1.90 bits per heavy atom. The monoisotopic (exact) mass is 601 g/mol. The van der Waals surface area contributed by atoms with E-state index in [2.05, 4.69) is 20.1 Å². The highest BCUT2D eigenvalue weighted by Crippen LogP contribution is 2.71. The van der Waals surface area contributed by atoms with Gasteiger partial charge < -0.3 is 19.8 Å². The number of para-hydroxylation sites is 1. The Morgan fingerprint density at radius 1 is 1.17 bits per heavy atom. The van der Waals surface area contributed by atoms with E-state index in [1.807, 2.05) is 30.9 Å². The summed E-state index contributed by atoms with van der Waals surface area (Å²) in [5.74, 6) is -1.38. The van der Waals surface area contributed by atoms with Crippen molar-refractivity contribution >= 4 is 46.8 Å². The molecule has 3 aliphatic heterocycles. The number of carbonyl (C=O) groups is 3. The third-order valence-corrected chi connectivity index (χ3v) is 11.3. The standard InChI is InChI=1S/C32H44ClN3O4S/c1-6-17-34(18-7-2)28(38)24-25-29(39)36(20-10-9-11-21-37)27(32(25)16-15-31(24,5)41-32)30(40)35(19-8-3)26-22(4)13-12-14-23(26)33/h6,8,12-14,24-25,27,37H,1,3,7,9-11,15-21H2,2,4-5H3/t24-,25+,27?,31+,32?/m1/s1. The first kappa shape index (κ1) is 31.6. The van der Waals surface area contributed by atoms with Crippen molar-refractivity contribution in [2.75, 3.05) is 37.7 Å². The number of nitrogens with zero attached hydrogens (tertiary/aromatic N) is 3. The van der Waals surface area contributed by atoms with Crippen molar-refractivity contribution in [1.29, 1.82) is 0 Å². The normalized spacial score (nSPS) is 28.1. The number of aryl methyl sites for hydroxylation is 1. The van der Waals surface area contributed by atoms with Gasteiger partial charge in [0.1, 0.15) is 6.04 Å². The highest BCUT2D eigenvalue weighted by Gasteiger charge is 2.77. The lowest BCUT2D eigenvalue weighted by Gasteiger charge is -2.38. The fraction of sp³-hybridized carbons (Fsp3) is 0.594. The summed E-state index contributed by atoms with van der Waals surface area (Å²) in [6, 6.07) is 4.82. The van der Waals surface area contributed by atoms with Crippen LogP contribution in [0.2, 0.25) is 5.02 Å². The second-order valence-electron chi connectivity index (χ2n) is 11.8. The fourth-order valence-electron chi connectivity index (χ4n) is 7.34. The molecular weight excluding hydrogens is 558 g/mol. The minimum atomic E-state index is -0.728. The van der Waals surface area contributed by atoms with E-state index in [-0.39, 0.29) is 30.9 Å². The predicted molar refractivity (Wildman–Crippen MR) is 167 cm³/mol. The molecule has 0 radical (unpaired) electrons. The van der Waals surface area contributed by atoms with Crippen LogP contribution in [0.15, 0.2) is 43.5 Å². The molecule has 0 saturated carbocycles. The van der Waals surface area contributed by atoms with Crippen LogP contribution in [-0.2, 0) is 14.4 Å². The molecule has 0 aliphatic carbocycles. The average molecular weight is 602 g/mol. The number of halogens is 1. The Morgan fingerprint density at radius 3 is 2.54 bits per heavy atom. The molecular formula is C32H44ClN3O4S. The molecule has 3 amide bonds. The number of fused-ring (bicyclic) bond motifs is 1. The highest BCUT2D eigenvalue weighted by molar-refractivity contribution is 8.02. The summed E-state index contributed by atoms with van der Waals surface area (Å²) in [5.41, 5.74) is 1.49. The quantitative estimate of drug-likeness (QED) is 0.233. The lowest BCUT2D eigenvalue weighted by Crippen LogP contribution is -2.55. The SMILES string of the molecule is C=CCN(CCC)C(=O)[C@H]1[C@H]2C(=O)N(CCCCCO)C(C(=O)N(CC=C)c3c(C)cccc3Cl)C23CC[C@]1(C)S3. The van der Waals surface area contributed by atoms with Crippen LogP contribution in [0.25, 0.3) is 0 Å². The van der Waals surface area contributed by atoms with Gasteiger partial charge in [0.05, 0.1) is 27.3 Å². The molecule has 9 heteroatoms. The van der Waals surface area contributed by atoms with Crippen LogP contribution < -0.4 is 4.90 Å². The molecule has 1 aromatic rings. The molecule has 41 heavy (non-hydrogen) atoms. The van der Waals surface area contributed by atoms with Crippen molar-refractivity contribution in [3.8, 4) is 0 Å². The van der Waals surface area contributed by atoms with Crippen molar-refractivity contribution in [1.82, 2.24) is 9.80 Å². The molecule has 2 bridgehead atoms. The number of benzene rings is 1. The van der Waals surface area contributed by atoms with E-state index < -0.39 is 27.4 Å². The molecule has 1 aromatic carbocycles. The summed E-state index contributed by atoms with van der Waals surface area (Å²) in [6.07, 6.45) is 7.74. The van der Waals surface area contributed by atoms with Crippen LogP contribution >= 0.6 is 23.4 Å². The van der Waals surface area contributed by atoms with Gasteiger partial charge in [0.2, 0.25) is 11.8 Å². The van der Waals surface area contributed by atoms with E-state index in [1.165, 1.54) is 0 Å². The number of hydrogen-bond acceptors (Lipinski definition) is 5. The third kappa shape index (κ3) is 5.48. The molecule has 3 heterocycles. The van der Waals surface area contributed by atoms with Gasteiger partial charge >= 0.3 is 0 Å². The minimum Gasteiger partial charge on any atom is -0.396 e. The molecule has 4 rings (SSSR count). The maximum Gasteiger partial charge on any atom is 0.251 e. The number of anilines is 1. The molecule has 7 nitrogen and oxygen atoms in total. The number of likely N-dealkylation sites (tertiary alicyclic amines) is 1. The van der Waals surface area contributed by atoms with Gasteiger partial charge in [0.25, 0.3) is 5.91 Å². The number of aliphatic hydroxyl groups excluding tert-OH is 1. The first-order valence-corrected chi connectivity index (χ1v) is 16.0. The van der Waals surface area contributed by atoms with Crippen molar-refractivity contribution in [3.05, 3.63) is 54.1 Å². The van der Waals surface area contributed by atoms with E-state index in [0.717, 1.165) is 24.8 Å². The van der Waals surface area contributed by atoms with Gasteiger partial charge in [-0.15, -0.1) is 24.9 Å². The first-order valence-electron chi connectivity index (χ1n) is 14.8. The Labute approximate surface area is 254 Å². The topological polar surface area (TPSA) is 81.2 Å². The fourth-order valence-corrected chi connectivity index (χ4v) is 10.0. The maximum atomic E-state index is 14.8. The number of thioether (sulfide) groups is 1. The number of rotatable bonds is 14. The third-order valence-electron chi connectivity index (χ3n) is 9.02. The van der Waals surface area contributed by atoms with E-state index in [0.29, 0.717) is 49.6 Å². The molecule has 0 aromatic heterocycles. The summed E-state index contributed by atoms with van der Waals surface area (Å²) in [4.78, 5) is 48.7. The molecule has 1 N–H and O–H groups in total. The highest BCUT2D eigenvalue weighted by atomic mass is 35.5. The van der Waals surface area contributed by atoms with Crippen LogP contribution in [0, 0.1) is 18.8 Å². The van der Waals surface area contributed by atoms with Crippen molar-refractivity contribution in [3.63, 3.8) is 0 Å². The summed E-state index contributed by atoms with van der Waals surface area (Å²) < 4.78 is -1.14. The summed E-state index contributed by atoms with van der Waals surface area (Å²) in [6.45, 7) is 15.6. The number of amides is 3. The minimum absolute atomic E-state index is 0.0140. The zero-order chi connectivity index (χ0) is 29.9. The Balaban J connectivity index is 1.80. The Kier molecular flexibility index (Phi) is 9.97. The largest absolute Gasteiger partial charge is 0.396 e. The molecule has 1 spiro atoms. The second-order valence-corrected chi connectivity index (χ2v) is 14.1. The average Bonchev–Trinajstić information content (AvgIpc) is 3.50. The second kappa shape index (κ2) is 12.9. The van der Waals surface area contributed by atoms with Crippen molar-refractivity contribution in [2.45, 2.75) is 74.8 Å². The number of hydrogen-bond donors (Lipinski definition) is 1. The van der Waals surface area contributed by atoms with Gasteiger partial charge in [-0.25, -0.2) is 0 Å². The molecule has 5 atom stereocenters. The van der Waals surface area contributed by atoms with Crippen molar-refractivity contribution in [2.24, 2.45) is 11.8 Å². The maximum absolute atomic E-state index is 14.8. The zero-order valence-corrected chi connectivity index (χ0v) is 26.2. The summed E-state index contributed by atoms with van der Waals surface area (Å²) in [5, 5.41) is 9.79. The van der Waals surface area contributed by atoms with Gasteiger partial charge in [-0.3, -0.25) is 14.4 Å². The van der Waals surface area contributed by atoms with Gasteiger partial charge in [-0.1, -0.05) is 42.8 Å². The van der Waals surface area contributed by atoms with E-state index >= 15 is 0 Å². The van der Waals surface area contributed by atoms with Crippen LogP contribution in [0.3, 0.4) is 0 Å². The van der Waals surface area contributed by atoms with E-state index in [1.54, 1.807) is 39.8 Å². The lowest BCUT2D eigenvalue weighted by atomic mass is 9.66. The summed E-state index contributed by atoms with van der Waals surface area (Å²) in [7, 11) is 0. The van der Waals surface area contributed by atoms with E-state index in [9.17, 15) is 19.5 Å². The molecule has 3 fully saturated rings. The predicted octanol–water partition coefficient (Wildman–Crippen LogP) is 5.24. The first-order chi connectivity index (χ1) is 19.6. The smallest absolute Gasteiger partial charge is 0.251 e. The lowest BCUT2D eigenvalue weighted by molar-refractivity contribution is -0.145. The molecule has 2 unspecified atom stereocenters. The van der Waals surface area contributed by atoms with E-state index in [4.69, 9.17) is 11.6 Å². The van der Waals surface area contributed by atoms with Crippen LogP contribution in [-0.4, -0.2) is 80.9 Å². The van der Waals surface area contributed by atoms with Crippen molar-refractivity contribution < 1.29 is 19.5 Å². The number of unbranched alkanes of at least 4 members (excludes halogenated alkanes) is 2. The molecule has 3 aliphatic rings. The van der Waals surface area contributed by atoms with Gasteiger partial charge in [-0.05, 0) is 64.0 Å². The van der Waals surface area contributed by atoms with Gasteiger partial charge in [0, 0.05) is 37.5 Å². The molecule has 224 valence electrons. The number of carbonyl (C=O) groups excluding carboxylic acids is 3. The van der Waals surface area contributed by atoms with Crippen LogP contribution in [0.1, 0.15) is 57.9 Å². The number of aliphatic hydroxyl groups is 1. The van der Waals surface area contributed by atoms with Gasteiger partial charge in [-0.2, -0.15) is 0 Å². The van der Waals surface area contributed by atoms with Gasteiger partial charge in [0.15, 0.2) is 0 Å². The zero-order valence-electron chi connectivity index (χ0n) is 24.6. The molecule has 3 saturated heterocycles. The van der Waals surface area contributed by atoms with Crippen LogP contribution in [0.5, 0.6) is 0 Å².